The summed E-state index contributed by atoms with van der Waals surface area (Å²) in [5.41, 5.74) is 2.95. The number of aromatic nitrogens is 3. The van der Waals surface area contributed by atoms with E-state index in [0.717, 1.165) is 25.0 Å². The molecule has 0 fully saturated rings. The highest BCUT2D eigenvalue weighted by Crippen LogP contribution is 2.38. The molecule has 5 heteroatoms. The second-order valence-corrected chi connectivity index (χ2v) is 4.93. The van der Waals surface area contributed by atoms with Crippen molar-refractivity contribution in [3.8, 4) is 0 Å². The standard InChI is InChI=1S/C12H13N3OS/c16-12(10-7-17-15-14-10)9-5-1-3-8-4-2-6-13-11(8)9/h2,4,6-7,9,12,16H,1,3,5H2. The quantitative estimate of drug-likeness (QED) is 0.882. The average Bonchev–Trinajstić information content (AvgIpc) is 2.91. The van der Waals surface area contributed by atoms with Gasteiger partial charge in [0.05, 0.1) is 0 Å². The molecule has 1 N–H and O–H groups in total. The van der Waals surface area contributed by atoms with Crippen molar-refractivity contribution in [2.75, 3.05) is 0 Å². The second-order valence-electron chi connectivity index (χ2n) is 4.32. The molecule has 0 saturated carbocycles. The highest BCUT2D eigenvalue weighted by atomic mass is 32.1. The van der Waals surface area contributed by atoms with Crippen molar-refractivity contribution in [3.63, 3.8) is 0 Å². The minimum atomic E-state index is -0.581. The van der Waals surface area contributed by atoms with Crippen LogP contribution in [0.1, 0.15) is 41.8 Å². The Morgan fingerprint density at radius 2 is 2.41 bits per heavy atom. The van der Waals surface area contributed by atoms with Crippen LogP contribution < -0.4 is 0 Å². The first-order chi connectivity index (χ1) is 8.36. The number of pyridine rings is 1. The van der Waals surface area contributed by atoms with E-state index in [2.05, 4.69) is 20.6 Å². The van der Waals surface area contributed by atoms with Crippen LogP contribution in [-0.2, 0) is 6.42 Å². The van der Waals surface area contributed by atoms with Gasteiger partial charge in [0, 0.05) is 23.2 Å². The lowest BCUT2D eigenvalue weighted by molar-refractivity contribution is 0.129. The van der Waals surface area contributed by atoms with Crippen LogP contribution in [0.2, 0.25) is 0 Å². The predicted octanol–water partition coefficient (Wildman–Crippen LogP) is 2.09. The molecule has 3 rings (SSSR count). The summed E-state index contributed by atoms with van der Waals surface area (Å²) in [5.74, 6) is 0.0591. The molecule has 4 nitrogen and oxygen atoms in total. The molecule has 0 spiro atoms. The Kier molecular flexibility index (Phi) is 2.86. The van der Waals surface area contributed by atoms with Crippen LogP contribution in [0.3, 0.4) is 0 Å². The molecule has 0 saturated heterocycles. The number of aryl methyl sites for hydroxylation is 1. The maximum absolute atomic E-state index is 10.3. The number of fused-ring (bicyclic) bond motifs is 1. The Balaban J connectivity index is 1.95. The molecular weight excluding hydrogens is 234 g/mol. The summed E-state index contributed by atoms with van der Waals surface area (Å²) < 4.78 is 3.81. The molecule has 0 aliphatic heterocycles. The van der Waals surface area contributed by atoms with Crippen LogP contribution in [0, 0.1) is 0 Å². The first-order valence-corrected chi connectivity index (χ1v) is 6.58. The number of rotatable bonds is 2. The predicted molar refractivity (Wildman–Crippen MR) is 64.8 cm³/mol. The number of aliphatic hydroxyl groups excluding tert-OH is 1. The first-order valence-electron chi connectivity index (χ1n) is 5.75. The van der Waals surface area contributed by atoms with Gasteiger partial charge in [-0.05, 0) is 42.4 Å². The lowest BCUT2D eigenvalue weighted by Gasteiger charge is -2.27. The maximum atomic E-state index is 10.3. The molecule has 2 aromatic rings. The molecule has 2 unspecified atom stereocenters. The van der Waals surface area contributed by atoms with E-state index >= 15 is 0 Å². The van der Waals surface area contributed by atoms with E-state index in [9.17, 15) is 5.11 Å². The molecule has 2 atom stereocenters. The molecule has 1 aliphatic carbocycles. The number of hydrogen-bond acceptors (Lipinski definition) is 5. The lowest BCUT2D eigenvalue weighted by Crippen LogP contribution is -2.18. The van der Waals surface area contributed by atoms with Crippen molar-refractivity contribution in [2.24, 2.45) is 0 Å². The summed E-state index contributed by atoms with van der Waals surface area (Å²) >= 11 is 1.27. The molecule has 0 amide bonds. The van der Waals surface area contributed by atoms with Crippen molar-refractivity contribution in [1.29, 1.82) is 0 Å². The minimum Gasteiger partial charge on any atom is -0.386 e. The summed E-state index contributed by atoms with van der Waals surface area (Å²) in [6, 6.07) is 4.05. The van der Waals surface area contributed by atoms with Crippen LogP contribution in [-0.4, -0.2) is 19.7 Å². The number of hydrogen-bond donors (Lipinski definition) is 1. The fourth-order valence-electron chi connectivity index (χ4n) is 2.46. The summed E-state index contributed by atoms with van der Waals surface area (Å²) in [7, 11) is 0. The molecule has 2 aromatic heterocycles. The van der Waals surface area contributed by atoms with Gasteiger partial charge in [0.2, 0.25) is 0 Å². The van der Waals surface area contributed by atoms with E-state index in [4.69, 9.17) is 0 Å². The smallest absolute Gasteiger partial charge is 0.107 e. The SMILES string of the molecule is OC(c1csnn1)C1CCCc2cccnc21. The molecule has 2 heterocycles. The van der Waals surface area contributed by atoms with Gasteiger partial charge in [-0.25, -0.2) is 0 Å². The van der Waals surface area contributed by atoms with Crippen molar-refractivity contribution < 1.29 is 5.11 Å². The first kappa shape index (κ1) is 10.8. The van der Waals surface area contributed by atoms with E-state index in [-0.39, 0.29) is 5.92 Å². The Hall–Kier alpha value is -1.33. The second kappa shape index (κ2) is 4.50. The zero-order valence-electron chi connectivity index (χ0n) is 9.28. The van der Waals surface area contributed by atoms with Gasteiger partial charge >= 0.3 is 0 Å². The van der Waals surface area contributed by atoms with E-state index in [0.29, 0.717) is 5.69 Å². The Bertz CT molecular complexity index is 500. The largest absolute Gasteiger partial charge is 0.386 e. The Labute approximate surface area is 104 Å². The van der Waals surface area contributed by atoms with Gasteiger partial charge in [-0.3, -0.25) is 4.98 Å². The summed E-state index contributed by atoms with van der Waals surface area (Å²) in [5, 5.41) is 16.1. The molecule has 88 valence electrons. The monoisotopic (exact) mass is 247 g/mol. The van der Waals surface area contributed by atoms with Gasteiger partial charge in [-0.1, -0.05) is 10.6 Å². The highest BCUT2D eigenvalue weighted by molar-refractivity contribution is 7.03. The highest BCUT2D eigenvalue weighted by Gasteiger charge is 2.29. The normalized spacial score (nSPS) is 20.9. The summed E-state index contributed by atoms with van der Waals surface area (Å²) in [4.78, 5) is 4.43. The lowest BCUT2D eigenvalue weighted by atomic mass is 9.82. The van der Waals surface area contributed by atoms with Gasteiger partial charge in [0.25, 0.3) is 0 Å². The molecule has 0 bridgehead atoms. The van der Waals surface area contributed by atoms with Gasteiger partial charge in [-0.2, -0.15) is 0 Å². The topological polar surface area (TPSA) is 58.9 Å². The Morgan fingerprint density at radius 1 is 1.47 bits per heavy atom. The van der Waals surface area contributed by atoms with Crippen LogP contribution >= 0.6 is 11.5 Å². The van der Waals surface area contributed by atoms with E-state index < -0.39 is 6.10 Å². The van der Waals surface area contributed by atoms with Gasteiger partial charge < -0.3 is 5.11 Å². The minimum absolute atomic E-state index is 0.0591. The maximum Gasteiger partial charge on any atom is 0.107 e. The molecule has 0 radical (unpaired) electrons. The zero-order chi connectivity index (χ0) is 11.7. The molecule has 17 heavy (non-hydrogen) atoms. The fraction of sp³-hybridized carbons (Fsp3) is 0.417. The van der Waals surface area contributed by atoms with Gasteiger partial charge in [-0.15, -0.1) is 5.10 Å². The van der Waals surface area contributed by atoms with Crippen molar-refractivity contribution in [3.05, 3.63) is 40.7 Å². The van der Waals surface area contributed by atoms with E-state index in [1.54, 1.807) is 6.20 Å². The third kappa shape index (κ3) is 1.96. The third-order valence-corrected chi connectivity index (χ3v) is 3.82. The number of aliphatic hydroxyl groups is 1. The van der Waals surface area contributed by atoms with E-state index in [1.807, 2.05) is 11.4 Å². The van der Waals surface area contributed by atoms with Crippen molar-refractivity contribution in [2.45, 2.75) is 31.3 Å². The molecular formula is C12H13N3OS. The van der Waals surface area contributed by atoms with Crippen LogP contribution in [0.4, 0.5) is 0 Å². The third-order valence-electron chi connectivity index (χ3n) is 3.30. The number of nitrogens with zero attached hydrogens (tertiary/aromatic N) is 3. The average molecular weight is 247 g/mol. The van der Waals surface area contributed by atoms with E-state index in [1.165, 1.54) is 17.1 Å². The van der Waals surface area contributed by atoms with Crippen LogP contribution in [0.5, 0.6) is 0 Å². The molecule has 0 aromatic carbocycles. The van der Waals surface area contributed by atoms with Crippen molar-refractivity contribution >= 4 is 11.5 Å². The van der Waals surface area contributed by atoms with Gasteiger partial charge in [0.1, 0.15) is 11.8 Å². The summed E-state index contributed by atoms with van der Waals surface area (Å²) in [6.07, 6.45) is 4.33. The molecule has 1 aliphatic rings. The zero-order valence-corrected chi connectivity index (χ0v) is 10.1. The van der Waals surface area contributed by atoms with Gasteiger partial charge in [0.15, 0.2) is 0 Å². The van der Waals surface area contributed by atoms with Crippen LogP contribution in [0.25, 0.3) is 0 Å². The Morgan fingerprint density at radius 3 is 3.24 bits per heavy atom. The fourth-order valence-corrected chi connectivity index (χ4v) is 2.94. The van der Waals surface area contributed by atoms with Crippen LogP contribution in [0.15, 0.2) is 23.7 Å². The summed E-state index contributed by atoms with van der Waals surface area (Å²) in [6.45, 7) is 0. The van der Waals surface area contributed by atoms with Crippen molar-refractivity contribution in [1.82, 2.24) is 14.6 Å².